The number of piperidine rings is 1. The number of nitrogens with one attached hydrogen (secondary N) is 1. The highest BCUT2D eigenvalue weighted by atomic mass is 16.5. The van der Waals surface area contributed by atoms with Crippen molar-refractivity contribution in [1.29, 1.82) is 0 Å². The summed E-state index contributed by atoms with van der Waals surface area (Å²) < 4.78 is 12.0. The second-order valence-corrected chi connectivity index (χ2v) is 7.38. The fourth-order valence-electron chi connectivity index (χ4n) is 3.15. The van der Waals surface area contributed by atoms with Crippen LogP contribution in [0.3, 0.4) is 0 Å². The van der Waals surface area contributed by atoms with Crippen molar-refractivity contribution in [3.05, 3.63) is 23.3 Å². The first-order valence-electron chi connectivity index (χ1n) is 8.13. The second kappa shape index (κ2) is 5.88. The standard InChI is InChI=1S/C18H27NO2/c1-13-7-16-17(21-12-18(2,3)11-20-16)9-15(13)8-14-5-4-6-19-10-14/h7,9,14,19H,4-6,8,10-12H2,1-3H3. The molecule has 0 amide bonds. The van der Waals surface area contributed by atoms with Gasteiger partial charge < -0.3 is 14.8 Å². The minimum atomic E-state index is 0.0698. The smallest absolute Gasteiger partial charge is 0.161 e. The molecule has 0 saturated carbocycles. The normalized spacial score (nSPS) is 24.4. The number of hydrogen-bond acceptors (Lipinski definition) is 3. The van der Waals surface area contributed by atoms with Crippen molar-refractivity contribution in [2.24, 2.45) is 11.3 Å². The van der Waals surface area contributed by atoms with Gasteiger partial charge in [0.25, 0.3) is 0 Å². The Labute approximate surface area is 128 Å². The third kappa shape index (κ3) is 3.52. The predicted molar refractivity (Wildman–Crippen MR) is 85.2 cm³/mol. The van der Waals surface area contributed by atoms with Crippen LogP contribution < -0.4 is 14.8 Å². The average molecular weight is 289 g/mol. The summed E-state index contributed by atoms with van der Waals surface area (Å²) in [5.74, 6) is 2.58. The molecule has 1 fully saturated rings. The van der Waals surface area contributed by atoms with Crippen molar-refractivity contribution >= 4 is 0 Å². The van der Waals surface area contributed by atoms with Crippen LogP contribution in [0.5, 0.6) is 11.5 Å². The van der Waals surface area contributed by atoms with Crippen LogP contribution >= 0.6 is 0 Å². The zero-order valence-electron chi connectivity index (χ0n) is 13.5. The van der Waals surface area contributed by atoms with Crippen LogP contribution in [0.15, 0.2) is 12.1 Å². The molecule has 0 aliphatic carbocycles. The van der Waals surface area contributed by atoms with Crippen molar-refractivity contribution in [1.82, 2.24) is 5.32 Å². The van der Waals surface area contributed by atoms with E-state index in [1.807, 2.05) is 0 Å². The van der Waals surface area contributed by atoms with E-state index < -0.39 is 0 Å². The molecule has 1 N–H and O–H groups in total. The number of fused-ring (bicyclic) bond motifs is 1. The van der Waals surface area contributed by atoms with Gasteiger partial charge in [0.1, 0.15) is 0 Å². The molecule has 1 atom stereocenters. The molecule has 2 aliphatic heterocycles. The van der Waals surface area contributed by atoms with Crippen molar-refractivity contribution in [3.8, 4) is 11.5 Å². The number of rotatable bonds is 2. The van der Waals surface area contributed by atoms with Gasteiger partial charge in [0.15, 0.2) is 11.5 Å². The molecule has 3 heteroatoms. The van der Waals surface area contributed by atoms with E-state index in [2.05, 4.69) is 38.2 Å². The lowest BCUT2D eigenvalue weighted by Gasteiger charge is -2.24. The van der Waals surface area contributed by atoms with Crippen molar-refractivity contribution < 1.29 is 9.47 Å². The highest BCUT2D eigenvalue weighted by molar-refractivity contribution is 5.47. The molecule has 0 spiro atoms. The summed E-state index contributed by atoms with van der Waals surface area (Å²) in [6.07, 6.45) is 3.76. The molecule has 116 valence electrons. The maximum absolute atomic E-state index is 6.01. The first-order chi connectivity index (χ1) is 10.0. The van der Waals surface area contributed by atoms with E-state index in [0.717, 1.165) is 30.4 Å². The fourth-order valence-corrected chi connectivity index (χ4v) is 3.15. The van der Waals surface area contributed by atoms with Crippen LogP contribution in [0.1, 0.15) is 37.8 Å². The number of hydrogen-bond donors (Lipinski definition) is 1. The van der Waals surface area contributed by atoms with E-state index in [9.17, 15) is 0 Å². The molecular formula is C18H27NO2. The highest BCUT2D eigenvalue weighted by Gasteiger charge is 2.26. The first-order valence-corrected chi connectivity index (χ1v) is 8.13. The second-order valence-electron chi connectivity index (χ2n) is 7.38. The lowest BCUT2D eigenvalue weighted by molar-refractivity contribution is 0.140. The van der Waals surface area contributed by atoms with E-state index in [1.54, 1.807) is 0 Å². The molecule has 3 rings (SSSR count). The Morgan fingerprint density at radius 3 is 2.57 bits per heavy atom. The largest absolute Gasteiger partial charge is 0.489 e. The third-order valence-corrected chi connectivity index (χ3v) is 4.55. The van der Waals surface area contributed by atoms with E-state index in [0.29, 0.717) is 13.2 Å². The van der Waals surface area contributed by atoms with E-state index >= 15 is 0 Å². The minimum absolute atomic E-state index is 0.0698. The van der Waals surface area contributed by atoms with Crippen LogP contribution in [0.4, 0.5) is 0 Å². The predicted octanol–water partition coefficient (Wildman–Crippen LogP) is 3.33. The summed E-state index contributed by atoms with van der Waals surface area (Å²) in [6.45, 7) is 10.3. The SMILES string of the molecule is Cc1cc2c(cc1CC1CCCNC1)OCC(C)(C)CO2. The quantitative estimate of drug-likeness (QED) is 0.906. The molecule has 1 saturated heterocycles. The molecule has 0 bridgehead atoms. The average Bonchev–Trinajstić information content (AvgIpc) is 2.60. The van der Waals surface area contributed by atoms with Crippen LogP contribution in [0.2, 0.25) is 0 Å². The van der Waals surface area contributed by atoms with Gasteiger partial charge in [0, 0.05) is 5.41 Å². The van der Waals surface area contributed by atoms with Gasteiger partial charge in [-0.25, -0.2) is 0 Å². The van der Waals surface area contributed by atoms with Gasteiger partial charge in [-0.15, -0.1) is 0 Å². The summed E-state index contributed by atoms with van der Waals surface area (Å²) >= 11 is 0. The zero-order chi connectivity index (χ0) is 14.9. The third-order valence-electron chi connectivity index (χ3n) is 4.55. The Morgan fingerprint density at radius 1 is 1.19 bits per heavy atom. The van der Waals surface area contributed by atoms with Gasteiger partial charge in [0.05, 0.1) is 13.2 Å². The first kappa shape index (κ1) is 14.7. The maximum atomic E-state index is 6.01. The summed E-state index contributed by atoms with van der Waals surface area (Å²) in [5.41, 5.74) is 2.80. The summed E-state index contributed by atoms with van der Waals surface area (Å²) in [6, 6.07) is 4.36. The minimum Gasteiger partial charge on any atom is -0.489 e. The monoisotopic (exact) mass is 289 g/mol. The lowest BCUT2D eigenvalue weighted by atomic mass is 9.90. The van der Waals surface area contributed by atoms with E-state index in [4.69, 9.17) is 9.47 Å². The Morgan fingerprint density at radius 2 is 1.90 bits per heavy atom. The Balaban J connectivity index is 1.79. The molecule has 3 nitrogen and oxygen atoms in total. The van der Waals surface area contributed by atoms with Crippen LogP contribution in [0.25, 0.3) is 0 Å². The van der Waals surface area contributed by atoms with Gasteiger partial charge in [-0.2, -0.15) is 0 Å². The van der Waals surface area contributed by atoms with Gasteiger partial charge in [-0.3, -0.25) is 0 Å². The molecule has 2 aliphatic rings. The summed E-state index contributed by atoms with van der Waals surface area (Å²) in [7, 11) is 0. The van der Waals surface area contributed by atoms with Gasteiger partial charge >= 0.3 is 0 Å². The van der Waals surface area contributed by atoms with Crippen LogP contribution in [-0.4, -0.2) is 26.3 Å². The van der Waals surface area contributed by atoms with Gasteiger partial charge in [0.2, 0.25) is 0 Å². The molecule has 21 heavy (non-hydrogen) atoms. The fraction of sp³-hybridized carbons (Fsp3) is 0.667. The molecule has 1 aromatic carbocycles. The maximum Gasteiger partial charge on any atom is 0.161 e. The van der Waals surface area contributed by atoms with Gasteiger partial charge in [-0.1, -0.05) is 13.8 Å². The molecule has 1 unspecified atom stereocenters. The summed E-state index contributed by atoms with van der Waals surface area (Å²) in [4.78, 5) is 0. The van der Waals surface area contributed by atoms with Crippen LogP contribution in [-0.2, 0) is 6.42 Å². The Kier molecular flexibility index (Phi) is 4.12. The highest BCUT2D eigenvalue weighted by Crippen LogP contribution is 2.36. The Bertz CT molecular complexity index is 504. The number of ether oxygens (including phenoxy) is 2. The topological polar surface area (TPSA) is 30.5 Å². The van der Waals surface area contributed by atoms with Gasteiger partial charge in [-0.05, 0) is 68.5 Å². The molecule has 2 heterocycles. The Hall–Kier alpha value is -1.22. The van der Waals surface area contributed by atoms with Crippen molar-refractivity contribution in [2.75, 3.05) is 26.3 Å². The van der Waals surface area contributed by atoms with Crippen LogP contribution in [0, 0.1) is 18.3 Å². The summed E-state index contributed by atoms with van der Waals surface area (Å²) in [5, 5.41) is 3.50. The molecule has 1 aromatic rings. The lowest BCUT2D eigenvalue weighted by Crippen LogP contribution is -2.31. The van der Waals surface area contributed by atoms with E-state index in [-0.39, 0.29) is 5.41 Å². The van der Waals surface area contributed by atoms with E-state index in [1.165, 1.54) is 30.5 Å². The molecule has 0 radical (unpaired) electrons. The molecular weight excluding hydrogens is 262 g/mol. The molecule has 0 aromatic heterocycles. The number of aryl methyl sites for hydroxylation is 1. The zero-order valence-corrected chi connectivity index (χ0v) is 13.5. The van der Waals surface area contributed by atoms with Crippen molar-refractivity contribution in [3.63, 3.8) is 0 Å². The number of benzene rings is 1. The van der Waals surface area contributed by atoms with Crippen molar-refractivity contribution in [2.45, 2.75) is 40.0 Å².